The van der Waals surface area contributed by atoms with Crippen molar-refractivity contribution in [2.24, 2.45) is 17.3 Å². The van der Waals surface area contributed by atoms with Crippen LogP contribution in [0.25, 0.3) is 0 Å². The first kappa shape index (κ1) is 13.7. The van der Waals surface area contributed by atoms with Crippen molar-refractivity contribution in [2.75, 3.05) is 12.3 Å². The SMILES string of the molecule is CC(C)NCC1(CCSC(C)C)CC2CC2C1. The fraction of sp³-hybridized carbons (Fsp3) is 1.00. The van der Waals surface area contributed by atoms with E-state index in [1.165, 1.54) is 31.6 Å². The molecule has 2 atom stereocenters. The number of rotatable bonds is 7. The van der Waals surface area contributed by atoms with Crippen LogP contribution in [0.5, 0.6) is 0 Å². The van der Waals surface area contributed by atoms with E-state index in [4.69, 9.17) is 0 Å². The molecule has 0 heterocycles. The maximum absolute atomic E-state index is 3.70. The summed E-state index contributed by atoms with van der Waals surface area (Å²) in [4.78, 5) is 0. The van der Waals surface area contributed by atoms with Crippen molar-refractivity contribution in [3.05, 3.63) is 0 Å². The van der Waals surface area contributed by atoms with Crippen LogP contribution < -0.4 is 5.32 Å². The second-order valence-electron chi connectivity index (χ2n) is 6.87. The highest BCUT2D eigenvalue weighted by molar-refractivity contribution is 7.99. The molecule has 2 fully saturated rings. The van der Waals surface area contributed by atoms with Gasteiger partial charge < -0.3 is 5.32 Å². The Labute approximate surface area is 112 Å². The molecule has 2 aliphatic rings. The van der Waals surface area contributed by atoms with Crippen molar-refractivity contribution in [1.82, 2.24) is 5.32 Å². The van der Waals surface area contributed by atoms with E-state index in [0.717, 1.165) is 17.1 Å². The first-order valence-corrected chi connectivity index (χ1v) is 8.41. The molecule has 0 saturated heterocycles. The van der Waals surface area contributed by atoms with Crippen LogP contribution in [0.15, 0.2) is 0 Å². The minimum atomic E-state index is 0.640. The summed E-state index contributed by atoms with van der Waals surface area (Å²) in [6.07, 6.45) is 6.00. The van der Waals surface area contributed by atoms with Crippen LogP contribution in [0.1, 0.15) is 53.4 Å². The lowest BCUT2D eigenvalue weighted by atomic mass is 9.80. The van der Waals surface area contributed by atoms with Crippen molar-refractivity contribution in [2.45, 2.75) is 64.7 Å². The first-order chi connectivity index (χ1) is 8.01. The third-order valence-corrected chi connectivity index (χ3v) is 5.53. The maximum atomic E-state index is 3.70. The molecule has 1 nitrogen and oxygen atoms in total. The van der Waals surface area contributed by atoms with Crippen LogP contribution in [0, 0.1) is 17.3 Å². The summed E-state index contributed by atoms with van der Waals surface area (Å²) in [5.41, 5.74) is 0.653. The molecule has 1 N–H and O–H groups in total. The Kier molecular flexibility index (Phi) is 4.46. The molecule has 2 rings (SSSR count). The molecule has 0 aromatic rings. The molecular formula is C15H29NS. The maximum Gasteiger partial charge on any atom is 0.00107 e. The second-order valence-corrected chi connectivity index (χ2v) is 8.55. The van der Waals surface area contributed by atoms with Gasteiger partial charge in [-0.15, -0.1) is 0 Å². The quantitative estimate of drug-likeness (QED) is 0.740. The molecule has 0 aliphatic heterocycles. The van der Waals surface area contributed by atoms with Crippen molar-refractivity contribution in [3.63, 3.8) is 0 Å². The van der Waals surface area contributed by atoms with Gasteiger partial charge in [0.2, 0.25) is 0 Å². The minimum Gasteiger partial charge on any atom is -0.314 e. The molecule has 0 spiro atoms. The van der Waals surface area contributed by atoms with E-state index in [0.29, 0.717) is 11.5 Å². The van der Waals surface area contributed by atoms with Crippen molar-refractivity contribution < 1.29 is 0 Å². The fourth-order valence-corrected chi connectivity index (χ4v) is 4.40. The van der Waals surface area contributed by atoms with E-state index in [1.807, 2.05) is 0 Å². The molecule has 17 heavy (non-hydrogen) atoms. The number of hydrogen-bond acceptors (Lipinski definition) is 2. The van der Waals surface area contributed by atoms with E-state index in [1.54, 1.807) is 6.42 Å². The summed E-state index contributed by atoms with van der Waals surface area (Å²) in [6.45, 7) is 10.4. The Bertz CT molecular complexity index is 239. The summed E-state index contributed by atoms with van der Waals surface area (Å²) in [6, 6.07) is 0.640. The van der Waals surface area contributed by atoms with E-state index in [-0.39, 0.29) is 0 Å². The van der Waals surface area contributed by atoms with Crippen LogP contribution in [-0.2, 0) is 0 Å². The summed E-state index contributed by atoms with van der Waals surface area (Å²) >= 11 is 2.14. The topological polar surface area (TPSA) is 12.0 Å². The Hall–Kier alpha value is 0.310. The number of nitrogens with one attached hydrogen (secondary N) is 1. The van der Waals surface area contributed by atoms with Gasteiger partial charge in [-0.05, 0) is 53.9 Å². The minimum absolute atomic E-state index is 0.640. The normalized spacial score (nSPS) is 35.6. The molecule has 0 aromatic carbocycles. The highest BCUT2D eigenvalue weighted by Crippen LogP contribution is 2.61. The molecule has 2 unspecified atom stereocenters. The van der Waals surface area contributed by atoms with Gasteiger partial charge in [0, 0.05) is 12.6 Å². The lowest BCUT2D eigenvalue weighted by Crippen LogP contribution is -2.37. The molecule has 2 heteroatoms. The van der Waals surface area contributed by atoms with Crippen molar-refractivity contribution in [1.29, 1.82) is 0 Å². The lowest BCUT2D eigenvalue weighted by molar-refractivity contribution is 0.236. The van der Waals surface area contributed by atoms with Crippen LogP contribution >= 0.6 is 11.8 Å². The smallest absolute Gasteiger partial charge is 0.00107 e. The number of thioether (sulfide) groups is 1. The first-order valence-electron chi connectivity index (χ1n) is 7.36. The molecule has 2 saturated carbocycles. The zero-order chi connectivity index (χ0) is 12.5. The lowest BCUT2D eigenvalue weighted by Gasteiger charge is -2.32. The number of hydrogen-bond donors (Lipinski definition) is 1. The average molecular weight is 255 g/mol. The van der Waals surface area contributed by atoms with Gasteiger partial charge in [0.1, 0.15) is 0 Å². The van der Waals surface area contributed by atoms with Gasteiger partial charge in [0.15, 0.2) is 0 Å². The van der Waals surface area contributed by atoms with Gasteiger partial charge in [-0.3, -0.25) is 0 Å². The molecule has 100 valence electrons. The molecule has 0 aromatic heterocycles. The Balaban J connectivity index is 1.80. The molecule has 0 radical (unpaired) electrons. The third kappa shape index (κ3) is 3.89. The zero-order valence-corrected chi connectivity index (χ0v) is 12.8. The average Bonchev–Trinajstić information content (AvgIpc) is 2.84. The van der Waals surface area contributed by atoms with Gasteiger partial charge >= 0.3 is 0 Å². The summed E-state index contributed by atoms with van der Waals surface area (Å²) in [5, 5.41) is 4.49. The number of fused-ring (bicyclic) bond motifs is 1. The Morgan fingerprint density at radius 2 is 1.82 bits per heavy atom. The zero-order valence-electron chi connectivity index (χ0n) is 12.0. The van der Waals surface area contributed by atoms with Gasteiger partial charge in [-0.25, -0.2) is 0 Å². The molecule has 0 amide bonds. The highest BCUT2D eigenvalue weighted by Gasteiger charge is 2.52. The van der Waals surface area contributed by atoms with E-state index < -0.39 is 0 Å². The standard InChI is InChI=1S/C15H29NS/c1-11(2)16-10-15(5-6-17-12(3)4)8-13-7-14(13)9-15/h11-14,16H,5-10H2,1-4H3. The van der Waals surface area contributed by atoms with E-state index in [2.05, 4.69) is 44.8 Å². The Morgan fingerprint density at radius 1 is 1.18 bits per heavy atom. The van der Waals surface area contributed by atoms with Crippen LogP contribution in [0.3, 0.4) is 0 Å². The molecule has 0 bridgehead atoms. The van der Waals surface area contributed by atoms with Gasteiger partial charge in [-0.1, -0.05) is 27.7 Å². The second kappa shape index (κ2) is 5.52. The predicted molar refractivity (Wildman–Crippen MR) is 78.6 cm³/mol. The van der Waals surface area contributed by atoms with E-state index in [9.17, 15) is 0 Å². The highest BCUT2D eigenvalue weighted by atomic mass is 32.2. The fourth-order valence-electron chi connectivity index (χ4n) is 3.37. The largest absolute Gasteiger partial charge is 0.314 e. The van der Waals surface area contributed by atoms with Crippen LogP contribution in [0.4, 0.5) is 0 Å². The van der Waals surface area contributed by atoms with Crippen molar-refractivity contribution >= 4 is 11.8 Å². The van der Waals surface area contributed by atoms with E-state index >= 15 is 0 Å². The monoisotopic (exact) mass is 255 g/mol. The predicted octanol–water partition coefficient (Wildman–Crippen LogP) is 3.93. The van der Waals surface area contributed by atoms with Gasteiger partial charge in [-0.2, -0.15) is 11.8 Å². The van der Waals surface area contributed by atoms with Crippen LogP contribution in [0.2, 0.25) is 0 Å². The summed E-state index contributed by atoms with van der Waals surface area (Å²) in [5.74, 6) is 3.57. The Morgan fingerprint density at radius 3 is 2.35 bits per heavy atom. The van der Waals surface area contributed by atoms with Gasteiger partial charge in [0.05, 0.1) is 0 Å². The summed E-state index contributed by atoms with van der Waals surface area (Å²) in [7, 11) is 0. The van der Waals surface area contributed by atoms with Crippen LogP contribution in [-0.4, -0.2) is 23.6 Å². The summed E-state index contributed by atoms with van der Waals surface area (Å²) < 4.78 is 0. The molecule has 2 aliphatic carbocycles. The van der Waals surface area contributed by atoms with Crippen molar-refractivity contribution in [3.8, 4) is 0 Å². The van der Waals surface area contributed by atoms with Gasteiger partial charge in [0.25, 0.3) is 0 Å². The molecular weight excluding hydrogens is 226 g/mol. The third-order valence-electron chi connectivity index (χ3n) is 4.43.